The van der Waals surface area contributed by atoms with E-state index in [-0.39, 0.29) is 5.92 Å². The van der Waals surface area contributed by atoms with Crippen molar-refractivity contribution in [2.75, 3.05) is 0 Å². The number of aliphatic hydroxyl groups excluding tert-OH is 2. The molecule has 28 heavy (non-hydrogen) atoms. The molecule has 0 aromatic rings. The zero-order valence-corrected chi connectivity index (χ0v) is 17.0. The molecule has 2 N–H and O–H groups in total. The number of hydrogen-bond acceptors (Lipinski definition) is 6. The van der Waals surface area contributed by atoms with E-state index in [1.165, 1.54) is 13.0 Å². The fourth-order valence-corrected chi connectivity index (χ4v) is 3.91. The highest BCUT2D eigenvalue weighted by atomic mass is 16.6. The van der Waals surface area contributed by atoms with Gasteiger partial charge in [0, 0.05) is 30.8 Å². The number of carbonyl (C=O) groups is 2. The lowest BCUT2D eigenvalue weighted by atomic mass is 9.75. The van der Waals surface area contributed by atoms with Gasteiger partial charge in [-0.2, -0.15) is 0 Å². The molecule has 1 saturated heterocycles. The average molecular weight is 390 g/mol. The number of esters is 2. The lowest BCUT2D eigenvalue weighted by Crippen LogP contribution is -2.42. The summed E-state index contributed by atoms with van der Waals surface area (Å²) in [6.45, 7) is 11.1. The molecule has 0 amide bonds. The summed E-state index contributed by atoms with van der Waals surface area (Å²) in [6.07, 6.45) is 3.88. The topological polar surface area (TPSA) is 93.1 Å². The second kappa shape index (κ2) is 9.34. The van der Waals surface area contributed by atoms with E-state index in [2.05, 4.69) is 6.58 Å². The molecule has 1 aliphatic carbocycles. The first-order chi connectivity index (χ1) is 13.1. The van der Waals surface area contributed by atoms with Crippen LogP contribution in [0.2, 0.25) is 0 Å². The summed E-state index contributed by atoms with van der Waals surface area (Å²) in [5.74, 6) is -1.89. The molecule has 2 rings (SSSR count). The minimum Gasteiger partial charge on any atom is -0.458 e. The lowest BCUT2D eigenvalue weighted by molar-refractivity contribution is -0.182. The minimum atomic E-state index is -1.32. The molecule has 1 fully saturated rings. The number of fused-ring (bicyclic) bond motifs is 1. The summed E-state index contributed by atoms with van der Waals surface area (Å²) in [5, 5.41) is 20.7. The van der Waals surface area contributed by atoms with Gasteiger partial charge in [0.1, 0.15) is 6.10 Å². The van der Waals surface area contributed by atoms with Crippen LogP contribution in [0.1, 0.15) is 47.0 Å². The largest absolute Gasteiger partial charge is 0.458 e. The van der Waals surface area contributed by atoms with Crippen LogP contribution in [0.25, 0.3) is 0 Å². The van der Waals surface area contributed by atoms with Crippen LogP contribution in [-0.4, -0.2) is 40.6 Å². The molecule has 6 heteroatoms. The van der Waals surface area contributed by atoms with Gasteiger partial charge >= 0.3 is 11.9 Å². The van der Waals surface area contributed by atoms with Crippen LogP contribution >= 0.6 is 0 Å². The predicted molar refractivity (Wildman–Crippen MR) is 105 cm³/mol. The number of rotatable bonds is 3. The molecular formula is C22H30O6. The zero-order chi connectivity index (χ0) is 21.0. The van der Waals surface area contributed by atoms with Gasteiger partial charge in [-0.15, -0.1) is 0 Å². The molecule has 154 valence electrons. The molecule has 0 unspecified atom stereocenters. The minimum absolute atomic E-state index is 0.330. The van der Waals surface area contributed by atoms with Crippen molar-refractivity contribution in [1.82, 2.24) is 0 Å². The van der Waals surface area contributed by atoms with Gasteiger partial charge in [0.05, 0.1) is 6.10 Å². The van der Waals surface area contributed by atoms with Crippen molar-refractivity contribution in [3.8, 4) is 0 Å². The van der Waals surface area contributed by atoms with Crippen LogP contribution in [0.5, 0.6) is 0 Å². The van der Waals surface area contributed by atoms with E-state index in [1.807, 2.05) is 26.8 Å². The van der Waals surface area contributed by atoms with Gasteiger partial charge in [-0.05, 0) is 45.8 Å². The number of hydrogen-bond donors (Lipinski definition) is 2. The highest BCUT2D eigenvalue weighted by molar-refractivity contribution is 5.90. The fourth-order valence-electron chi connectivity index (χ4n) is 3.91. The van der Waals surface area contributed by atoms with Crippen LogP contribution in [0, 0.1) is 11.8 Å². The van der Waals surface area contributed by atoms with Gasteiger partial charge < -0.3 is 19.7 Å². The van der Waals surface area contributed by atoms with E-state index in [0.717, 1.165) is 11.1 Å². The Morgan fingerprint density at radius 3 is 2.68 bits per heavy atom. The van der Waals surface area contributed by atoms with E-state index >= 15 is 0 Å². The van der Waals surface area contributed by atoms with Crippen LogP contribution in [0.3, 0.4) is 0 Å². The van der Waals surface area contributed by atoms with Crippen molar-refractivity contribution in [2.24, 2.45) is 11.8 Å². The third-order valence-corrected chi connectivity index (χ3v) is 5.03. The Bertz CT molecular complexity index is 725. The number of cyclic esters (lactones) is 1. The molecule has 5 atom stereocenters. The number of aliphatic hydroxyl groups is 2. The van der Waals surface area contributed by atoms with Gasteiger partial charge in [0.15, 0.2) is 0 Å². The quantitative estimate of drug-likeness (QED) is 0.437. The molecule has 0 aromatic heterocycles. The van der Waals surface area contributed by atoms with E-state index < -0.39 is 36.4 Å². The normalized spacial score (nSPS) is 32.6. The molecule has 6 nitrogen and oxygen atoms in total. The molecule has 2 aliphatic rings. The third-order valence-electron chi connectivity index (χ3n) is 5.03. The molecule has 0 radical (unpaired) electrons. The smallest absolute Gasteiger partial charge is 0.336 e. The predicted octanol–water partition coefficient (Wildman–Crippen LogP) is 2.97. The first kappa shape index (κ1) is 22.1. The third kappa shape index (κ3) is 5.66. The fraction of sp³-hybridized carbons (Fsp3) is 0.545. The van der Waals surface area contributed by atoms with Crippen LogP contribution in [-0.2, 0) is 19.1 Å². The number of carbonyl (C=O) groups excluding carboxylic acids is 2. The van der Waals surface area contributed by atoms with Gasteiger partial charge in [-0.3, -0.25) is 4.79 Å². The first-order valence-corrected chi connectivity index (χ1v) is 9.54. The Kier molecular flexibility index (Phi) is 7.38. The maximum atomic E-state index is 12.5. The Hall–Kier alpha value is -2.18. The molecule has 0 aromatic carbocycles. The first-order valence-electron chi connectivity index (χ1n) is 9.54. The van der Waals surface area contributed by atoms with Gasteiger partial charge in [-0.1, -0.05) is 29.4 Å². The highest BCUT2D eigenvalue weighted by Gasteiger charge is 2.43. The highest BCUT2D eigenvalue weighted by Crippen LogP contribution is 2.41. The zero-order valence-electron chi connectivity index (χ0n) is 17.0. The molecule has 0 saturated carbocycles. The number of ether oxygens (including phenoxy) is 2. The Morgan fingerprint density at radius 1 is 1.39 bits per heavy atom. The molecule has 1 heterocycles. The summed E-state index contributed by atoms with van der Waals surface area (Å²) in [6, 6.07) is 0. The molecular weight excluding hydrogens is 360 g/mol. The van der Waals surface area contributed by atoms with E-state index in [0.29, 0.717) is 30.4 Å². The Labute approximate surface area is 166 Å². The SMILES string of the molecule is C=C1C[C@@H](OC(C)=O)/C=C(\C)CC[C@@H]2/C(=C\[C@H](O)C=C(C)C)C(=O)O[C@H](O)[C@@H]12. The maximum absolute atomic E-state index is 12.5. The van der Waals surface area contributed by atoms with Crippen molar-refractivity contribution < 1.29 is 29.3 Å². The van der Waals surface area contributed by atoms with Crippen LogP contribution in [0.15, 0.2) is 47.1 Å². The molecule has 0 spiro atoms. The van der Waals surface area contributed by atoms with Crippen molar-refractivity contribution >= 4 is 11.9 Å². The van der Waals surface area contributed by atoms with Crippen molar-refractivity contribution in [1.29, 1.82) is 0 Å². The maximum Gasteiger partial charge on any atom is 0.336 e. The molecule has 1 aliphatic heterocycles. The lowest BCUT2D eigenvalue weighted by Gasteiger charge is -2.38. The second-order valence-electron chi connectivity index (χ2n) is 7.85. The van der Waals surface area contributed by atoms with E-state index in [1.54, 1.807) is 6.08 Å². The monoisotopic (exact) mass is 390 g/mol. The number of allylic oxidation sites excluding steroid dienone is 2. The Balaban J connectivity index is 2.41. The Morgan fingerprint density at radius 2 is 2.07 bits per heavy atom. The summed E-state index contributed by atoms with van der Waals surface area (Å²) < 4.78 is 10.5. The van der Waals surface area contributed by atoms with E-state index in [4.69, 9.17) is 9.47 Å². The summed E-state index contributed by atoms with van der Waals surface area (Å²) in [7, 11) is 0. The van der Waals surface area contributed by atoms with E-state index in [9.17, 15) is 19.8 Å². The summed E-state index contributed by atoms with van der Waals surface area (Å²) in [5.41, 5.74) is 2.94. The molecule has 0 bridgehead atoms. The van der Waals surface area contributed by atoms with Crippen LogP contribution < -0.4 is 0 Å². The van der Waals surface area contributed by atoms with Gasteiger partial charge in [-0.25, -0.2) is 4.79 Å². The second-order valence-corrected chi connectivity index (χ2v) is 7.85. The average Bonchev–Trinajstić information content (AvgIpc) is 2.58. The van der Waals surface area contributed by atoms with Crippen molar-refractivity contribution in [3.63, 3.8) is 0 Å². The van der Waals surface area contributed by atoms with Crippen molar-refractivity contribution in [3.05, 3.63) is 47.1 Å². The summed E-state index contributed by atoms with van der Waals surface area (Å²) >= 11 is 0. The van der Waals surface area contributed by atoms with Crippen LogP contribution in [0.4, 0.5) is 0 Å². The van der Waals surface area contributed by atoms with Gasteiger partial charge in [0.25, 0.3) is 0 Å². The van der Waals surface area contributed by atoms with Gasteiger partial charge in [0.2, 0.25) is 6.29 Å². The summed E-state index contributed by atoms with van der Waals surface area (Å²) in [4.78, 5) is 23.9. The standard InChI is InChI=1S/C22H30O6/c1-12(2)8-16(24)11-19-18-7-6-13(3)9-17(27-15(5)23)10-14(4)20(18)22(26)28-21(19)25/h8-9,11,16-18,20,22,24,26H,4,6-7,10H2,1-3,5H3/b13-9+,19-11+/t16-,17+,18-,20+,22+/m1/s1. The van der Waals surface area contributed by atoms with Crippen molar-refractivity contribution in [2.45, 2.75) is 65.5 Å².